The maximum Gasteiger partial charge on any atom is 0.292 e. The van der Waals surface area contributed by atoms with Gasteiger partial charge in [0.1, 0.15) is 5.69 Å². The van der Waals surface area contributed by atoms with E-state index in [1.54, 1.807) is 23.1 Å². The molecule has 2 aromatic rings. The van der Waals surface area contributed by atoms with Gasteiger partial charge in [0.25, 0.3) is 5.91 Å². The molecular weight excluding hydrogens is 337 g/mol. The van der Waals surface area contributed by atoms with E-state index in [0.717, 1.165) is 12.0 Å². The van der Waals surface area contributed by atoms with Gasteiger partial charge in [-0.3, -0.25) is 4.79 Å². The quantitative estimate of drug-likeness (QED) is 0.917. The molecule has 0 aliphatic carbocycles. The SMILES string of the molecule is CC1(CN)CCN(C(=O)c2cc(-c3cccc(Cl)c3)no2)C1.Cl. The van der Waals surface area contributed by atoms with Crippen molar-refractivity contribution in [1.29, 1.82) is 0 Å². The number of amides is 1. The maximum atomic E-state index is 12.5. The zero-order valence-corrected chi connectivity index (χ0v) is 14.4. The minimum Gasteiger partial charge on any atom is -0.350 e. The van der Waals surface area contributed by atoms with E-state index in [2.05, 4.69) is 12.1 Å². The van der Waals surface area contributed by atoms with E-state index in [0.29, 0.717) is 30.4 Å². The lowest BCUT2D eigenvalue weighted by molar-refractivity contribution is 0.0735. The number of aromatic nitrogens is 1. The fraction of sp³-hybridized carbons (Fsp3) is 0.375. The molecule has 5 nitrogen and oxygen atoms in total. The summed E-state index contributed by atoms with van der Waals surface area (Å²) in [5.74, 6) is 0.106. The molecule has 0 saturated carbocycles. The molecule has 1 aliphatic heterocycles. The molecule has 1 aromatic heterocycles. The van der Waals surface area contributed by atoms with Crippen LogP contribution in [0.15, 0.2) is 34.9 Å². The summed E-state index contributed by atoms with van der Waals surface area (Å²) in [4.78, 5) is 14.3. The first-order chi connectivity index (χ1) is 10.5. The zero-order chi connectivity index (χ0) is 15.7. The van der Waals surface area contributed by atoms with Crippen LogP contribution in [0.3, 0.4) is 0 Å². The minimum absolute atomic E-state index is 0. The number of nitrogens with two attached hydrogens (primary N) is 1. The van der Waals surface area contributed by atoms with E-state index < -0.39 is 0 Å². The average Bonchev–Trinajstić information content (AvgIpc) is 3.14. The molecule has 1 aromatic carbocycles. The Bertz CT molecular complexity index is 704. The van der Waals surface area contributed by atoms with Gasteiger partial charge in [0.05, 0.1) is 0 Å². The van der Waals surface area contributed by atoms with Crippen molar-refractivity contribution in [3.05, 3.63) is 41.1 Å². The number of benzene rings is 1. The van der Waals surface area contributed by atoms with Crippen LogP contribution in [0.4, 0.5) is 0 Å². The van der Waals surface area contributed by atoms with Gasteiger partial charge in [0.2, 0.25) is 5.76 Å². The van der Waals surface area contributed by atoms with Gasteiger partial charge >= 0.3 is 0 Å². The Kier molecular flexibility index (Phi) is 5.34. The smallest absolute Gasteiger partial charge is 0.292 e. The Morgan fingerprint density at radius 3 is 2.91 bits per heavy atom. The largest absolute Gasteiger partial charge is 0.350 e. The summed E-state index contributed by atoms with van der Waals surface area (Å²) in [6.45, 7) is 4.01. The molecule has 1 aliphatic rings. The van der Waals surface area contributed by atoms with E-state index in [4.69, 9.17) is 21.9 Å². The van der Waals surface area contributed by atoms with E-state index in [1.807, 2.05) is 12.1 Å². The second-order valence-corrected chi connectivity index (χ2v) is 6.51. The van der Waals surface area contributed by atoms with E-state index in [1.165, 1.54) is 0 Å². The minimum atomic E-state index is -0.141. The van der Waals surface area contributed by atoms with Crippen LogP contribution >= 0.6 is 24.0 Å². The van der Waals surface area contributed by atoms with Crippen molar-refractivity contribution in [1.82, 2.24) is 10.1 Å². The molecule has 2 heterocycles. The monoisotopic (exact) mass is 355 g/mol. The zero-order valence-electron chi connectivity index (χ0n) is 12.8. The molecule has 0 spiro atoms. The van der Waals surface area contributed by atoms with E-state index in [9.17, 15) is 4.79 Å². The number of hydrogen-bond acceptors (Lipinski definition) is 4. The number of nitrogens with zero attached hydrogens (tertiary/aromatic N) is 2. The first-order valence-corrected chi connectivity index (χ1v) is 7.61. The Morgan fingerprint density at radius 1 is 1.48 bits per heavy atom. The summed E-state index contributed by atoms with van der Waals surface area (Å²) in [6, 6.07) is 8.94. The lowest BCUT2D eigenvalue weighted by Crippen LogP contribution is -2.34. The van der Waals surface area contributed by atoms with Crippen LogP contribution in [0.2, 0.25) is 5.02 Å². The Labute approximate surface area is 146 Å². The van der Waals surface area contributed by atoms with Gasteiger partial charge in [-0.15, -0.1) is 12.4 Å². The van der Waals surface area contributed by atoms with Crippen LogP contribution < -0.4 is 5.73 Å². The molecular formula is C16H19Cl2N3O2. The fourth-order valence-corrected chi connectivity index (χ4v) is 2.87. The van der Waals surface area contributed by atoms with Gasteiger partial charge in [-0.25, -0.2) is 0 Å². The van der Waals surface area contributed by atoms with Crippen molar-refractivity contribution in [2.75, 3.05) is 19.6 Å². The summed E-state index contributed by atoms with van der Waals surface area (Å²) in [7, 11) is 0. The summed E-state index contributed by atoms with van der Waals surface area (Å²) in [5, 5.41) is 4.59. The number of likely N-dealkylation sites (tertiary alicyclic amines) is 1. The third kappa shape index (κ3) is 3.68. The Morgan fingerprint density at radius 2 is 2.26 bits per heavy atom. The van der Waals surface area contributed by atoms with Crippen molar-refractivity contribution >= 4 is 29.9 Å². The molecule has 3 rings (SSSR count). The lowest BCUT2D eigenvalue weighted by Gasteiger charge is -2.21. The van der Waals surface area contributed by atoms with Crippen LogP contribution in [-0.4, -0.2) is 35.6 Å². The number of carbonyl (C=O) groups excluding carboxylic acids is 1. The van der Waals surface area contributed by atoms with E-state index >= 15 is 0 Å². The fourth-order valence-electron chi connectivity index (χ4n) is 2.68. The standard InChI is InChI=1S/C16H18ClN3O2.ClH/c1-16(9-18)5-6-20(10-16)15(21)14-8-13(19-22-14)11-3-2-4-12(17)7-11;/h2-4,7-8H,5-6,9-10,18H2,1H3;1H. The van der Waals surface area contributed by atoms with Crippen molar-refractivity contribution in [3.8, 4) is 11.3 Å². The second kappa shape index (κ2) is 6.91. The summed E-state index contributed by atoms with van der Waals surface area (Å²) in [6.07, 6.45) is 0.907. The molecule has 0 bridgehead atoms. The summed E-state index contributed by atoms with van der Waals surface area (Å²) in [5.41, 5.74) is 7.19. The van der Waals surface area contributed by atoms with Crippen LogP contribution in [0.1, 0.15) is 23.9 Å². The summed E-state index contributed by atoms with van der Waals surface area (Å²) >= 11 is 5.97. The van der Waals surface area contributed by atoms with Crippen molar-refractivity contribution in [2.24, 2.45) is 11.1 Å². The van der Waals surface area contributed by atoms with Crippen LogP contribution in [0.25, 0.3) is 11.3 Å². The normalized spacial score (nSPS) is 20.4. The topological polar surface area (TPSA) is 72.4 Å². The van der Waals surface area contributed by atoms with Crippen molar-refractivity contribution in [2.45, 2.75) is 13.3 Å². The molecule has 1 saturated heterocycles. The third-order valence-electron chi connectivity index (χ3n) is 4.18. The summed E-state index contributed by atoms with van der Waals surface area (Å²) < 4.78 is 5.22. The van der Waals surface area contributed by atoms with Gasteiger partial charge in [-0.05, 0) is 30.5 Å². The predicted octanol–water partition coefficient (Wildman–Crippen LogP) is 3.23. The molecule has 0 radical (unpaired) electrons. The Hall–Kier alpha value is -1.56. The molecule has 124 valence electrons. The highest BCUT2D eigenvalue weighted by molar-refractivity contribution is 6.30. The highest BCUT2D eigenvalue weighted by Crippen LogP contribution is 2.30. The first kappa shape index (κ1) is 17.8. The molecule has 1 amide bonds. The Balaban J connectivity index is 0.00000192. The number of carbonyl (C=O) groups is 1. The third-order valence-corrected chi connectivity index (χ3v) is 4.41. The highest BCUT2D eigenvalue weighted by atomic mass is 35.5. The van der Waals surface area contributed by atoms with Crippen LogP contribution in [0.5, 0.6) is 0 Å². The lowest BCUT2D eigenvalue weighted by atomic mass is 9.90. The van der Waals surface area contributed by atoms with Gasteiger partial charge in [-0.1, -0.05) is 35.8 Å². The molecule has 7 heteroatoms. The molecule has 2 N–H and O–H groups in total. The molecule has 1 atom stereocenters. The van der Waals surface area contributed by atoms with Gasteiger partial charge < -0.3 is 15.2 Å². The van der Waals surface area contributed by atoms with Gasteiger partial charge in [-0.2, -0.15) is 0 Å². The predicted molar refractivity (Wildman–Crippen MR) is 91.9 cm³/mol. The number of halogens is 2. The van der Waals surface area contributed by atoms with Crippen LogP contribution in [0, 0.1) is 5.41 Å². The molecule has 23 heavy (non-hydrogen) atoms. The number of hydrogen-bond donors (Lipinski definition) is 1. The molecule has 1 unspecified atom stereocenters. The first-order valence-electron chi connectivity index (χ1n) is 7.23. The second-order valence-electron chi connectivity index (χ2n) is 6.08. The highest BCUT2D eigenvalue weighted by Gasteiger charge is 2.36. The van der Waals surface area contributed by atoms with Gasteiger partial charge in [0, 0.05) is 29.7 Å². The van der Waals surface area contributed by atoms with Crippen LogP contribution in [-0.2, 0) is 0 Å². The molecule has 1 fully saturated rings. The van der Waals surface area contributed by atoms with E-state index in [-0.39, 0.29) is 29.5 Å². The average molecular weight is 356 g/mol. The van der Waals surface area contributed by atoms with Crippen molar-refractivity contribution in [3.63, 3.8) is 0 Å². The number of rotatable bonds is 3. The van der Waals surface area contributed by atoms with Gasteiger partial charge in [0.15, 0.2) is 0 Å². The maximum absolute atomic E-state index is 12.5. The van der Waals surface area contributed by atoms with Crippen molar-refractivity contribution < 1.29 is 9.32 Å².